The highest BCUT2D eigenvalue weighted by Crippen LogP contribution is 2.24. The van der Waals surface area contributed by atoms with E-state index in [1.165, 1.54) is 19.6 Å². The molecule has 0 spiro atoms. The summed E-state index contributed by atoms with van der Waals surface area (Å²) in [5, 5.41) is 3.37. The van der Waals surface area contributed by atoms with Crippen LogP contribution in [-0.2, 0) is 0 Å². The van der Waals surface area contributed by atoms with Gasteiger partial charge < -0.3 is 10.2 Å². The molecule has 0 saturated carbocycles. The zero-order valence-electron chi connectivity index (χ0n) is 5.22. The molecule has 2 nitrogen and oxygen atoms in total. The highest BCUT2D eigenvalue weighted by Gasteiger charge is 2.39. The van der Waals surface area contributed by atoms with E-state index in [-0.39, 0.29) is 0 Å². The third kappa shape index (κ3) is 0.446. The Morgan fingerprint density at radius 1 is 1.50 bits per heavy atom. The van der Waals surface area contributed by atoms with Crippen molar-refractivity contribution < 1.29 is 0 Å². The van der Waals surface area contributed by atoms with E-state index in [0.29, 0.717) is 0 Å². The maximum atomic E-state index is 3.37. The summed E-state index contributed by atoms with van der Waals surface area (Å²) >= 11 is 0. The van der Waals surface area contributed by atoms with Crippen LogP contribution < -0.4 is 5.32 Å². The molecular weight excluding hydrogens is 100 g/mol. The van der Waals surface area contributed by atoms with Gasteiger partial charge in [-0.25, -0.2) is 0 Å². The molecule has 46 valence electrons. The molecule has 2 aliphatic heterocycles. The number of likely N-dealkylation sites (N-methyl/N-ethyl adjacent to an activating group) is 1. The Bertz CT molecular complexity index is 103. The van der Waals surface area contributed by atoms with Crippen molar-refractivity contribution in [3.05, 3.63) is 0 Å². The molecule has 0 amide bonds. The number of nitrogens with one attached hydrogen (secondary N) is 1. The molecule has 0 radical (unpaired) electrons. The zero-order valence-corrected chi connectivity index (χ0v) is 5.22. The lowest BCUT2D eigenvalue weighted by molar-refractivity contribution is 0.0827. The second kappa shape index (κ2) is 1.45. The number of fused-ring (bicyclic) bond motifs is 1. The van der Waals surface area contributed by atoms with Crippen LogP contribution in [0.5, 0.6) is 0 Å². The summed E-state index contributed by atoms with van der Waals surface area (Å²) in [7, 11) is 2.20. The summed E-state index contributed by atoms with van der Waals surface area (Å²) in [6.45, 7) is 3.80. The van der Waals surface area contributed by atoms with Gasteiger partial charge in [-0.2, -0.15) is 0 Å². The average Bonchev–Trinajstić information content (AvgIpc) is 2.09. The lowest BCUT2D eigenvalue weighted by Gasteiger charge is -2.40. The first-order valence-corrected chi connectivity index (χ1v) is 3.29. The van der Waals surface area contributed by atoms with Crippen LogP contribution in [0.2, 0.25) is 0 Å². The molecule has 0 bridgehead atoms. The molecule has 2 atom stereocenters. The number of hydrogen-bond donors (Lipinski definition) is 1. The van der Waals surface area contributed by atoms with Crippen LogP contribution >= 0.6 is 0 Å². The smallest absolute Gasteiger partial charge is 0.0270 e. The van der Waals surface area contributed by atoms with Crippen molar-refractivity contribution in [1.29, 1.82) is 0 Å². The van der Waals surface area contributed by atoms with Crippen molar-refractivity contribution in [3.8, 4) is 0 Å². The van der Waals surface area contributed by atoms with E-state index in [0.717, 1.165) is 12.0 Å². The lowest BCUT2D eigenvalue weighted by atomic mass is 9.93. The van der Waals surface area contributed by atoms with Crippen LogP contribution in [0, 0.1) is 5.92 Å². The topological polar surface area (TPSA) is 15.3 Å². The van der Waals surface area contributed by atoms with Gasteiger partial charge in [-0.1, -0.05) is 0 Å². The SMILES string of the molecule is CN1C[C@H]2CNC[C@H]21. The Labute approximate surface area is 49.9 Å². The summed E-state index contributed by atoms with van der Waals surface area (Å²) in [6, 6.07) is 0.884. The monoisotopic (exact) mass is 112 g/mol. The maximum absolute atomic E-state index is 3.37. The normalized spacial score (nSPS) is 46.1. The quantitative estimate of drug-likeness (QED) is 0.455. The number of hydrogen-bond acceptors (Lipinski definition) is 2. The first kappa shape index (κ1) is 4.77. The van der Waals surface area contributed by atoms with Crippen molar-refractivity contribution in [2.75, 3.05) is 26.7 Å². The number of nitrogens with zero attached hydrogens (tertiary/aromatic N) is 1. The molecule has 2 fully saturated rings. The summed E-state index contributed by atoms with van der Waals surface area (Å²) in [5.74, 6) is 0.986. The minimum atomic E-state index is 0.884. The van der Waals surface area contributed by atoms with Gasteiger partial charge in [0.05, 0.1) is 0 Å². The van der Waals surface area contributed by atoms with Crippen LogP contribution in [-0.4, -0.2) is 37.6 Å². The lowest BCUT2D eigenvalue weighted by Crippen LogP contribution is -2.52. The first-order valence-electron chi connectivity index (χ1n) is 3.29. The third-order valence-electron chi connectivity index (χ3n) is 2.39. The Balaban J connectivity index is 2.02. The van der Waals surface area contributed by atoms with Crippen molar-refractivity contribution in [3.63, 3.8) is 0 Å². The van der Waals surface area contributed by atoms with Crippen LogP contribution in [0.3, 0.4) is 0 Å². The predicted octanol–water partition coefficient (Wildman–Crippen LogP) is -0.480. The van der Waals surface area contributed by atoms with Gasteiger partial charge in [0.25, 0.3) is 0 Å². The van der Waals surface area contributed by atoms with E-state index in [1.54, 1.807) is 0 Å². The molecule has 2 aliphatic rings. The fraction of sp³-hybridized carbons (Fsp3) is 1.00. The Hall–Kier alpha value is -0.0800. The number of likely N-dealkylation sites (tertiary alicyclic amines) is 1. The Morgan fingerprint density at radius 2 is 2.38 bits per heavy atom. The van der Waals surface area contributed by atoms with Crippen LogP contribution in [0.25, 0.3) is 0 Å². The second-order valence-electron chi connectivity index (χ2n) is 2.93. The van der Waals surface area contributed by atoms with Crippen molar-refractivity contribution in [2.45, 2.75) is 6.04 Å². The summed E-state index contributed by atoms with van der Waals surface area (Å²) in [6.07, 6.45) is 0. The Kier molecular flexibility index (Phi) is 0.866. The number of rotatable bonds is 0. The molecule has 0 aromatic rings. The summed E-state index contributed by atoms with van der Waals surface area (Å²) < 4.78 is 0. The van der Waals surface area contributed by atoms with Gasteiger partial charge in [-0.05, 0) is 7.05 Å². The minimum Gasteiger partial charge on any atom is -0.315 e. The molecule has 0 aromatic heterocycles. The minimum absolute atomic E-state index is 0.884. The molecule has 2 rings (SSSR count). The molecule has 0 aromatic carbocycles. The third-order valence-corrected chi connectivity index (χ3v) is 2.39. The zero-order chi connectivity index (χ0) is 5.56. The molecule has 2 heteroatoms. The van der Waals surface area contributed by atoms with E-state index < -0.39 is 0 Å². The highest BCUT2D eigenvalue weighted by atomic mass is 15.3. The molecule has 2 saturated heterocycles. The predicted molar refractivity (Wildman–Crippen MR) is 32.8 cm³/mol. The van der Waals surface area contributed by atoms with Gasteiger partial charge >= 0.3 is 0 Å². The van der Waals surface area contributed by atoms with Crippen LogP contribution in [0.1, 0.15) is 0 Å². The van der Waals surface area contributed by atoms with Crippen molar-refractivity contribution >= 4 is 0 Å². The second-order valence-corrected chi connectivity index (χ2v) is 2.93. The van der Waals surface area contributed by atoms with Gasteiger partial charge in [0.15, 0.2) is 0 Å². The fourth-order valence-electron chi connectivity index (χ4n) is 1.79. The van der Waals surface area contributed by atoms with Crippen LogP contribution in [0.15, 0.2) is 0 Å². The van der Waals surface area contributed by atoms with Gasteiger partial charge in [-0.3, -0.25) is 0 Å². The van der Waals surface area contributed by atoms with E-state index in [2.05, 4.69) is 17.3 Å². The van der Waals surface area contributed by atoms with Gasteiger partial charge in [-0.15, -0.1) is 0 Å². The van der Waals surface area contributed by atoms with Gasteiger partial charge in [0.1, 0.15) is 0 Å². The molecule has 0 unspecified atom stereocenters. The molecule has 0 aliphatic carbocycles. The fourth-order valence-corrected chi connectivity index (χ4v) is 1.79. The summed E-state index contributed by atoms with van der Waals surface area (Å²) in [5.41, 5.74) is 0. The van der Waals surface area contributed by atoms with Gasteiger partial charge in [0, 0.05) is 31.6 Å². The molecule has 1 N–H and O–H groups in total. The van der Waals surface area contributed by atoms with E-state index in [1.807, 2.05) is 0 Å². The first-order chi connectivity index (χ1) is 3.88. The Morgan fingerprint density at radius 3 is 2.88 bits per heavy atom. The molecule has 8 heavy (non-hydrogen) atoms. The highest BCUT2D eigenvalue weighted by molar-refractivity contribution is 4.96. The van der Waals surface area contributed by atoms with Crippen LogP contribution in [0.4, 0.5) is 0 Å². The largest absolute Gasteiger partial charge is 0.315 e. The molecular formula is C6H12N2. The summed E-state index contributed by atoms with van der Waals surface area (Å²) in [4.78, 5) is 2.42. The van der Waals surface area contributed by atoms with E-state index in [4.69, 9.17) is 0 Å². The van der Waals surface area contributed by atoms with E-state index in [9.17, 15) is 0 Å². The average molecular weight is 112 g/mol. The van der Waals surface area contributed by atoms with Gasteiger partial charge in [0.2, 0.25) is 0 Å². The maximum Gasteiger partial charge on any atom is 0.0270 e. The standard InChI is InChI=1S/C6H12N2/c1-8-4-5-2-7-3-6(5)8/h5-7H,2-4H2,1H3/t5-,6-/m1/s1. The van der Waals surface area contributed by atoms with Crippen molar-refractivity contribution in [2.24, 2.45) is 5.92 Å². The van der Waals surface area contributed by atoms with Crippen molar-refractivity contribution in [1.82, 2.24) is 10.2 Å². The van der Waals surface area contributed by atoms with E-state index >= 15 is 0 Å². The molecule has 2 heterocycles.